The number of rotatable bonds is 9. The molecule has 3 aliphatic rings. The van der Waals surface area contributed by atoms with Crippen LogP contribution in [0.2, 0.25) is 5.02 Å². The lowest BCUT2D eigenvalue weighted by Gasteiger charge is -2.36. The van der Waals surface area contributed by atoms with E-state index in [9.17, 15) is 9.59 Å². The zero-order chi connectivity index (χ0) is 31.7. The van der Waals surface area contributed by atoms with Crippen molar-refractivity contribution in [3.63, 3.8) is 0 Å². The van der Waals surface area contributed by atoms with E-state index in [1.807, 2.05) is 67.4 Å². The number of hydrogen-bond acceptors (Lipinski definition) is 6. The van der Waals surface area contributed by atoms with Crippen LogP contribution in [0.4, 0.5) is 10.6 Å². The summed E-state index contributed by atoms with van der Waals surface area (Å²) < 4.78 is 11.8. The number of urea groups is 1. The van der Waals surface area contributed by atoms with Gasteiger partial charge in [-0.2, -0.15) is 0 Å². The third kappa shape index (κ3) is 6.62. The molecule has 8 nitrogen and oxygen atoms in total. The number of halogens is 1. The maximum Gasteiger partial charge on any atom is 0.317 e. The molecule has 2 aliphatic carbocycles. The van der Waals surface area contributed by atoms with Crippen molar-refractivity contribution in [2.24, 2.45) is 5.92 Å². The summed E-state index contributed by atoms with van der Waals surface area (Å²) in [5, 5.41) is 3.58. The number of hydrogen-bond donors (Lipinski definition) is 1. The van der Waals surface area contributed by atoms with E-state index in [2.05, 4.69) is 23.3 Å². The maximum absolute atomic E-state index is 13.9. The largest absolute Gasteiger partial charge is 0.493 e. The normalized spacial score (nSPS) is 23.1. The van der Waals surface area contributed by atoms with Crippen LogP contribution in [-0.4, -0.2) is 67.6 Å². The van der Waals surface area contributed by atoms with Gasteiger partial charge in [-0.15, -0.1) is 0 Å². The van der Waals surface area contributed by atoms with Crippen molar-refractivity contribution in [2.45, 2.75) is 69.9 Å². The molecule has 6 rings (SSSR count). The quantitative estimate of drug-likeness (QED) is 0.287. The fourth-order valence-electron chi connectivity index (χ4n) is 7.41. The summed E-state index contributed by atoms with van der Waals surface area (Å²) in [7, 11) is 3.72. The molecule has 1 saturated heterocycles. The number of methoxy groups -OCH3 is 1. The zero-order valence-electron chi connectivity index (χ0n) is 26.6. The Morgan fingerprint density at radius 3 is 2.36 bits per heavy atom. The number of amides is 2. The number of ether oxygens (including phenoxy) is 2. The van der Waals surface area contributed by atoms with Crippen molar-refractivity contribution in [2.75, 3.05) is 38.7 Å². The fraction of sp³-hybridized carbons (Fsp3) is 0.472. The van der Waals surface area contributed by atoms with Crippen molar-refractivity contribution in [1.29, 1.82) is 0 Å². The molecule has 0 bridgehead atoms. The van der Waals surface area contributed by atoms with E-state index in [0.29, 0.717) is 34.9 Å². The lowest BCUT2D eigenvalue weighted by molar-refractivity contribution is -0.120. The van der Waals surface area contributed by atoms with E-state index >= 15 is 0 Å². The van der Waals surface area contributed by atoms with E-state index in [1.54, 1.807) is 7.11 Å². The first kappa shape index (κ1) is 31.2. The topological polar surface area (TPSA) is 84.0 Å². The van der Waals surface area contributed by atoms with Crippen LogP contribution in [0.25, 0.3) is 0 Å². The predicted octanol–water partition coefficient (Wildman–Crippen LogP) is 6.59. The van der Waals surface area contributed by atoms with Crippen molar-refractivity contribution >= 4 is 29.2 Å². The van der Waals surface area contributed by atoms with E-state index in [-0.39, 0.29) is 23.8 Å². The van der Waals surface area contributed by atoms with E-state index in [1.165, 1.54) is 0 Å². The number of ketones is 1. The first-order valence-electron chi connectivity index (χ1n) is 16.1. The molecular formula is C36H43ClN4O4. The number of nitrogens with one attached hydrogen (secondary N) is 1. The van der Waals surface area contributed by atoms with Crippen LogP contribution in [0.3, 0.4) is 0 Å². The Hall–Kier alpha value is -3.78. The molecular weight excluding hydrogens is 588 g/mol. The number of aromatic nitrogens is 1. The van der Waals surface area contributed by atoms with Gasteiger partial charge in [0.2, 0.25) is 0 Å². The summed E-state index contributed by atoms with van der Waals surface area (Å²) in [5.41, 5.74) is 3.92. The standard InChI is InChI=1S/C36H43ClN4O4/c1-22(2)45-32-19-29-26(18-31(32)44-4)17-30(42)35(34(29)24-7-10-27(37)11-8-24)25-9-14-33(39-20-25)40(3)21-23-5-12-28(13-6-23)41-16-15-38-36(41)43/h7-11,14,18-20,22-23,28,34-35H,5-6,12-13,15-17,21H2,1-4H3,(H,38,43)/t23-,28-,34-,35?/m0/s1. The Labute approximate surface area is 271 Å². The smallest absolute Gasteiger partial charge is 0.317 e. The Morgan fingerprint density at radius 2 is 1.73 bits per heavy atom. The molecule has 0 radical (unpaired) electrons. The summed E-state index contributed by atoms with van der Waals surface area (Å²) in [6, 6.07) is 16.3. The molecule has 1 aromatic heterocycles. The number of Topliss-reactive ketones (excluding diaryl/α,β-unsaturated/α-hetero) is 1. The van der Waals surface area contributed by atoms with Crippen LogP contribution in [-0.2, 0) is 11.2 Å². The predicted molar refractivity (Wildman–Crippen MR) is 177 cm³/mol. The van der Waals surface area contributed by atoms with E-state index in [4.69, 9.17) is 26.1 Å². The molecule has 1 N–H and O–H groups in total. The molecule has 2 amide bonds. The number of carbonyl (C=O) groups is 2. The SMILES string of the molecule is COc1cc2c(cc1OC(C)C)[C@H](c1ccc(Cl)cc1)C(c1ccc(N(C)C[C@H]3CC[C@H](N4CCNC4=O)CC3)nc1)C(=O)C2. The fourth-order valence-corrected chi connectivity index (χ4v) is 7.54. The van der Waals surface area contributed by atoms with E-state index in [0.717, 1.165) is 73.4 Å². The number of anilines is 1. The number of benzene rings is 2. The number of fused-ring (bicyclic) bond motifs is 1. The van der Waals surface area contributed by atoms with Gasteiger partial charge in [0.15, 0.2) is 11.5 Å². The highest BCUT2D eigenvalue weighted by molar-refractivity contribution is 6.30. The molecule has 9 heteroatoms. The first-order chi connectivity index (χ1) is 21.7. The summed E-state index contributed by atoms with van der Waals surface area (Å²) in [4.78, 5) is 35.1. The monoisotopic (exact) mass is 630 g/mol. The van der Waals surface area contributed by atoms with Crippen molar-refractivity contribution in [3.8, 4) is 11.5 Å². The zero-order valence-corrected chi connectivity index (χ0v) is 27.3. The van der Waals surface area contributed by atoms with Gasteiger partial charge in [-0.25, -0.2) is 9.78 Å². The molecule has 2 aromatic carbocycles. The Balaban J connectivity index is 1.23. The van der Waals surface area contributed by atoms with Gasteiger partial charge in [0.25, 0.3) is 0 Å². The minimum atomic E-state index is -0.399. The van der Waals surface area contributed by atoms with Gasteiger partial charge in [0.05, 0.1) is 19.1 Å². The highest BCUT2D eigenvalue weighted by atomic mass is 35.5. The molecule has 2 heterocycles. The van der Waals surface area contributed by atoms with Crippen molar-refractivity contribution in [1.82, 2.24) is 15.2 Å². The van der Waals surface area contributed by atoms with Gasteiger partial charge in [-0.3, -0.25) is 4.79 Å². The summed E-state index contributed by atoms with van der Waals surface area (Å²) >= 11 is 6.28. The van der Waals surface area contributed by atoms with Crippen LogP contribution >= 0.6 is 11.6 Å². The molecule has 2 atom stereocenters. The second-order valence-corrected chi connectivity index (χ2v) is 13.4. The van der Waals surface area contributed by atoms with Crippen LogP contribution in [0.5, 0.6) is 11.5 Å². The highest BCUT2D eigenvalue weighted by Gasteiger charge is 2.39. The summed E-state index contributed by atoms with van der Waals surface area (Å²) in [6.45, 7) is 6.47. The van der Waals surface area contributed by atoms with Gasteiger partial charge in [-0.1, -0.05) is 29.8 Å². The average Bonchev–Trinajstić information content (AvgIpc) is 3.46. The lowest BCUT2D eigenvalue weighted by Crippen LogP contribution is -2.41. The molecule has 0 spiro atoms. The van der Waals surface area contributed by atoms with Crippen molar-refractivity contribution < 1.29 is 19.1 Å². The Morgan fingerprint density at radius 1 is 1.00 bits per heavy atom. The lowest BCUT2D eigenvalue weighted by atomic mass is 9.68. The first-order valence-corrected chi connectivity index (χ1v) is 16.5. The number of carbonyl (C=O) groups excluding carboxylic acids is 2. The third-order valence-electron chi connectivity index (χ3n) is 9.60. The summed E-state index contributed by atoms with van der Waals surface area (Å²) in [5.74, 6) is 2.28. The molecule has 45 heavy (non-hydrogen) atoms. The van der Waals surface area contributed by atoms with Crippen LogP contribution in [0, 0.1) is 5.92 Å². The van der Waals surface area contributed by atoms with Gasteiger partial charge >= 0.3 is 6.03 Å². The van der Waals surface area contributed by atoms with E-state index < -0.39 is 5.92 Å². The molecule has 3 aromatic rings. The van der Waals surface area contributed by atoms with Gasteiger partial charge in [0, 0.05) is 56.3 Å². The van der Waals surface area contributed by atoms with Gasteiger partial charge in [-0.05, 0) is 98.0 Å². The minimum absolute atomic E-state index is 0.0256. The molecule has 238 valence electrons. The minimum Gasteiger partial charge on any atom is -0.493 e. The average molecular weight is 631 g/mol. The van der Waals surface area contributed by atoms with Crippen molar-refractivity contribution in [3.05, 3.63) is 82.0 Å². The molecule has 1 unspecified atom stereocenters. The third-order valence-corrected chi connectivity index (χ3v) is 9.85. The second-order valence-electron chi connectivity index (χ2n) is 12.9. The molecule has 1 saturated carbocycles. The summed E-state index contributed by atoms with van der Waals surface area (Å²) in [6.07, 6.45) is 6.46. The second kappa shape index (κ2) is 13.3. The van der Waals surface area contributed by atoms with Crippen LogP contribution < -0.4 is 19.7 Å². The maximum atomic E-state index is 13.9. The van der Waals surface area contributed by atoms with Gasteiger partial charge in [0.1, 0.15) is 11.6 Å². The Kier molecular flexibility index (Phi) is 9.22. The number of pyridine rings is 1. The van der Waals surface area contributed by atoms with Gasteiger partial charge < -0.3 is 24.6 Å². The molecule has 2 fully saturated rings. The highest BCUT2D eigenvalue weighted by Crippen LogP contribution is 2.48. The Bertz CT molecular complexity index is 1520. The molecule has 1 aliphatic heterocycles. The van der Waals surface area contributed by atoms with Crippen LogP contribution in [0.1, 0.15) is 73.6 Å². The van der Waals surface area contributed by atoms with Crippen LogP contribution in [0.15, 0.2) is 54.7 Å². The number of nitrogens with zero attached hydrogens (tertiary/aromatic N) is 3.